The summed E-state index contributed by atoms with van der Waals surface area (Å²) >= 11 is 0. The molecule has 3 nitrogen and oxygen atoms in total. The molecule has 3 heteroatoms. The van der Waals surface area contributed by atoms with Crippen LogP contribution in [0.1, 0.15) is 25.7 Å². The number of hydrogen-bond acceptors (Lipinski definition) is 3. The Morgan fingerprint density at radius 1 is 1.23 bits per heavy atom. The molecule has 0 saturated heterocycles. The second-order valence-corrected chi connectivity index (χ2v) is 3.17. The predicted molar refractivity (Wildman–Crippen MR) is 52.4 cm³/mol. The van der Waals surface area contributed by atoms with E-state index in [0.29, 0.717) is 26.4 Å². The van der Waals surface area contributed by atoms with Crippen LogP contribution in [0.15, 0.2) is 11.8 Å². The summed E-state index contributed by atoms with van der Waals surface area (Å²) in [6.07, 6.45) is 7.01. The molecule has 2 N–H and O–H groups in total. The largest absolute Gasteiger partial charge is 0.496 e. The molecule has 0 fully saturated rings. The van der Waals surface area contributed by atoms with Crippen molar-refractivity contribution in [1.29, 1.82) is 0 Å². The summed E-state index contributed by atoms with van der Waals surface area (Å²) in [7, 11) is 0. The Morgan fingerprint density at radius 3 is 2.85 bits per heavy atom. The minimum absolute atomic E-state index is 0.586. The second-order valence-electron chi connectivity index (χ2n) is 3.17. The lowest BCUT2D eigenvalue weighted by Crippen LogP contribution is -2.12. The van der Waals surface area contributed by atoms with Gasteiger partial charge >= 0.3 is 0 Å². The van der Waals surface area contributed by atoms with Gasteiger partial charge in [0.25, 0.3) is 0 Å². The average molecular weight is 185 g/mol. The fourth-order valence-electron chi connectivity index (χ4n) is 1.36. The van der Waals surface area contributed by atoms with Gasteiger partial charge < -0.3 is 15.2 Å². The van der Waals surface area contributed by atoms with E-state index in [1.54, 1.807) is 0 Å². The molecule has 0 spiro atoms. The van der Waals surface area contributed by atoms with Gasteiger partial charge in [0.05, 0.1) is 19.0 Å². The summed E-state index contributed by atoms with van der Waals surface area (Å²) in [4.78, 5) is 0. The molecule has 13 heavy (non-hydrogen) atoms. The van der Waals surface area contributed by atoms with Gasteiger partial charge in [0.1, 0.15) is 6.61 Å². The van der Waals surface area contributed by atoms with Gasteiger partial charge in [-0.05, 0) is 25.3 Å². The zero-order valence-corrected chi connectivity index (χ0v) is 8.13. The molecule has 1 aliphatic rings. The van der Waals surface area contributed by atoms with E-state index in [-0.39, 0.29) is 0 Å². The summed E-state index contributed by atoms with van der Waals surface area (Å²) in [5.41, 5.74) is 5.28. The zero-order chi connectivity index (χ0) is 9.36. The fraction of sp³-hybridized carbons (Fsp3) is 0.800. The number of allylic oxidation sites excluding steroid dienone is 2. The summed E-state index contributed by atoms with van der Waals surface area (Å²) in [6.45, 7) is 2.52. The van der Waals surface area contributed by atoms with E-state index in [4.69, 9.17) is 15.2 Å². The second kappa shape index (κ2) is 6.92. The van der Waals surface area contributed by atoms with Crippen LogP contribution in [0.3, 0.4) is 0 Å². The third kappa shape index (κ3) is 4.90. The Balaban J connectivity index is 1.95. The molecule has 0 bridgehead atoms. The van der Waals surface area contributed by atoms with Crippen LogP contribution in [0.2, 0.25) is 0 Å². The summed E-state index contributed by atoms with van der Waals surface area (Å²) < 4.78 is 10.7. The summed E-state index contributed by atoms with van der Waals surface area (Å²) in [6, 6.07) is 0. The van der Waals surface area contributed by atoms with Crippen molar-refractivity contribution in [3.05, 3.63) is 11.8 Å². The topological polar surface area (TPSA) is 44.5 Å². The van der Waals surface area contributed by atoms with Gasteiger partial charge in [0.2, 0.25) is 0 Å². The van der Waals surface area contributed by atoms with Crippen LogP contribution in [0, 0.1) is 0 Å². The molecule has 0 aromatic rings. The number of hydrogen-bond donors (Lipinski definition) is 1. The maximum absolute atomic E-state index is 5.52. The highest BCUT2D eigenvalue weighted by atomic mass is 16.5. The van der Waals surface area contributed by atoms with Gasteiger partial charge in [-0.15, -0.1) is 0 Å². The van der Waals surface area contributed by atoms with Gasteiger partial charge in [0, 0.05) is 13.0 Å². The highest BCUT2D eigenvalue weighted by molar-refractivity contribution is 4.96. The standard InChI is InChI=1S/C10H19NO2/c11-6-7-12-8-9-13-10-4-2-1-3-5-10/h4H,1-3,5-9,11H2. The molecule has 0 aromatic heterocycles. The van der Waals surface area contributed by atoms with E-state index < -0.39 is 0 Å². The first-order valence-electron chi connectivity index (χ1n) is 5.03. The minimum Gasteiger partial charge on any atom is -0.496 e. The highest BCUT2D eigenvalue weighted by Crippen LogP contribution is 2.17. The smallest absolute Gasteiger partial charge is 0.111 e. The number of ether oxygens (including phenoxy) is 2. The van der Waals surface area contributed by atoms with Gasteiger partial charge in [-0.2, -0.15) is 0 Å². The minimum atomic E-state index is 0.586. The average Bonchev–Trinajstić information content (AvgIpc) is 2.19. The Kier molecular flexibility index (Phi) is 5.61. The van der Waals surface area contributed by atoms with Crippen molar-refractivity contribution in [2.45, 2.75) is 25.7 Å². The van der Waals surface area contributed by atoms with E-state index in [9.17, 15) is 0 Å². The van der Waals surface area contributed by atoms with E-state index in [0.717, 1.165) is 12.2 Å². The molecule has 0 unspecified atom stereocenters. The monoisotopic (exact) mass is 185 g/mol. The molecule has 0 heterocycles. The van der Waals surface area contributed by atoms with Gasteiger partial charge in [-0.3, -0.25) is 0 Å². The van der Waals surface area contributed by atoms with Gasteiger partial charge in [-0.1, -0.05) is 0 Å². The van der Waals surface area contributed by atoms with Crippen LogP contribution < -0.4 is 5.73 Å². The summed E-state index contributed by atoms with van der Waals surface area (Å²) in [5.74, 6) is 1.14. The molecule has 0 saturated carbocycles. The maximum Gasteiger partial charge on any atom is 0.111 e. The van der Waals surface area contributed by atoms with Crippen LogP contribution in [0.5, 0.6) is 0 Å². The van der Waals surface area contributed by atoms with Crippen molar-refractivity contribution in [3.8, 4) is 0 Å². The van der Waals surface area contributed by atoms with Crippen molar-refractivity contribution in [2.75, 3.05) is 26.4 Å². The van der Waals surface area contributed by atoms with E-state index in [2.05, 4.69) is 6.08 Å². The van der Waals surface area contributed by atoms with Crippen LogP contribution >= 0.6 is 0 Å². The van der Waals surface area contributed by atoms with Crippen LogP contribution in [-0.2, 0) is 9.47 Å². The maximum atomic E-state index is 5.52. The van der Waals surface area contributed by atoms with Crippen LogP contribution in [0.4, 0.5) is 0 Å². The molecule has 0 radical (unpaired) electrons. The third-order valence-electron chi connectivity index (χ3n) is 2.03. The first-order chi connectivity index (χ1) is 6.43. The summed E-state index contributed by atoms with van der Waals surface area (Å²) in [5, 5.41) is 0. The molecule has 1 rings (SSSR count). The lowest BCUT2D eigenvalue weighted by atomic mass is 10.1. The number of rotatable bonds is 6. The van der Waals surface area contributed by atoms with Crippen molar-refractivity contribution in [1.82, 2.24) is 0 Å². The predicted octanol–water partition coefficient (Wildman–Crippen LogP) is 1.44. The lowest BCUT2D eigenvalue weighted by molar-refractivity contribution is 0.0760. The molecule has 76 valence electrons. The Bertz CT molecular complexity index is 157. The molecule has 0 aliphatic heterocycles. The Labute approximate surface area is 79.9 Å². The quantitative estimate of drug-likeness (QED) is 0.637. The molecule has 0 atom stereocenters. The van der Waals surface area contributed by atoms with E-state index >= 15 is 0 Å². The fourth-order valence-corrected chi connectivity index (χ4v) is 1.36. The molecular weight excluding hydrogens is 166 g/mol. The Hall–Kier alpha value is -0.540. The molecule has 1 aliphatic carbocycles. The lowest BCUT2D eigenvalue weighted by Gasteiger charge is -2.14. The Morgan fingerprint density at radius 2 is 2.15 bits per heavy atom. The highest BCUT2D eigenvalue weighted by Gasteiger charge is 2.03. The zero-order valence-electron chi connectivity index (χ0n) is 8.13. The number of nitrogens with two attached hydrogens (primary N) is 1. The van der Waals surface area contributed by atoms with Crippen molar-refractivity contribution >= 4 is 0 Å². The van der Waals surface area contributed by atoms with Crippen molar-refractivity contribution in [2.24, 2.45) is 5.73 Å². The first kappa shape index (κ1) is 10.5. The van der Waals surface area contributed by atoms with E-state index in [1.807, 2.05) is 0 Å². The van der Waals surface area contributed by atoms with Gasteiger partial charge in [0.15, 0.2) is 0 Å². The van der Waals surface area contributed by atoms with E-state index in [1.165, 1.54) is 19.3 Å². The third-order valence-corrected chi connectivity index (χ3v) is 2.03. The van der Waals surface area contributed by atoms with Crippen molar-refractivity contribution < 1.29 is 9.47 Å². The van der Waals surface area contributed by atoms with Crippen LogP contribution in [-0.4, -0.2) is 26.4 Å². The normalized spacial score (nSPS) is 16.8. The molecule has 0 amide bonds. The van der Waals surface area contributed by atoms with Crippen LogP contribution in [0.25, 0.3) is 0 Å². The van der Waals surface area contributed by atoms with Crippen molar-refractivity contribution in [3.63, 3.8) is 0 Å². The molecular formula is C10H19NO2. The first-order valence-corrected chi connectivity index (χ1v) is 5.03. The SMILES string of the molecule is NCCOCCOC1=CCCCC1. The molecule has 0 aromatic carbocycles. The van der Waals surface area contributed by atoms with Gasteiger partial charge in [-0.25, -0.2) is 0 Å².